The van der Waals surface area contributed by atoms with Gasteiger partial charge >= 0.3 is 0 Å². The lowest BCUT2D eigenvalue weighted by atomic mass is 10.2. The molecular formula is C20H26N2O4S2. The molecule has 6 nitrogen and oxygen atoms in total. The van der Waals surface area contributed by atoms with Gasteiger partial charge < -0.3 is 9.32 Å². The monoisotopic (exact) mass is 422 g/mol. The maximum atomic E-state index is 12.7. The molecule has 0 N–H and O–H groups in total. The molecule has 2 heterocycles. The van der Waals surface area contributed by atoms with Gasteiger partial charge in [0.1, 0.15) is 6.26 Å². The average molecular weight is 423 g/mol. The molecule has 2 aromatic rings. The number of carbonyl (C=O) groups excluding carboxylic acids is 1. The Bertz CT molecular complexity index is 881. The summed E-state index contributed by atoms with van der Waals surface area (Å²) in [6, 6.07) is 9.50. The van der Waals surface area contributed by atoms with Gasteiger partial charge in [-0.2, -0.15) is 0 Å². The fourth-order valence-corrected chi connectivity index (χ4v) is 5.79. The quantitative estimate of drug-likeness (QED) is 0.616. The Kier molecular flexibility index (Phi) is 7.18. The number of hydrogen-bond donors (Lipinski definition) is 0. The predicted molar refractivity (Wildman–Crippen MR) is 112 cm³/mol. The SMILES string of the molecule is CCCCN(C(=O)CSCc1coc(-c2ccccc2)n1)C1CCS(=O)(=O)C1. The third-order valence-corrected chi connectivity index (χ3v) is 7.47. The van der Waals surface area contributed by atoms with Crippen molar-refractivity contribution in [3.8, 4) is 11.5 Å². The number of nitrogens with zero attached hydrogens (tertiary/aromatic N) is 2. The van der Waals surface area contributed by atoms with Crippen molar-refractivity contribution in [3.63, 3.8) is 0 Å². The van der Waals surface area contributed by atoms with Crippen LogP contribution in [0, 0.1) is 0 Å². The molecule has 0 aliphatic carbocycles. The maximum absolute atomic E-state index is 12.7. The summed E-state index contributed by atoms with van der Waals surface area (Å²) in [4.78, 5) is 19.0. The Morgan fingerprint density at radius 2 is 2.11 bits per heavy atom. The smallest absolute Gasteiger partial charge is 0.232 e. The largest absolute Gasteiger partial charge is 0.444 e. The van der Waals surface area contributed by atoms with E-state index in [1.54, 1.807) is 11.2 Å². The Hall–Kier alpha value is -1.80. The van der Waals surface area contributed by atoms with Gasteiger partial charge in [-0.25, -0.2) is 13.4 Å². The van der Waals surface area contributed by atoms with Crippen LogP contribution in [0.1, 0.15) is 31.9 Å². The van der Waals surface area contributed by atoms with E-state index in [9.17, 15) is 13.2 Å². The van der Waals surface area contributed by atoms with Crippen molar-refractivity contribution in [2.24, 2.45) is 0 Å². The highest BCUT2D eigenvalue weighted by Gasteiger charge is 2.34. The first-order valence-corrected chi connectivity index (χ1v) is 12.5. The van der Waals surface area contributed by atoms with E-state index in [4.69, 9.17) is 4.42 Å². The molecule has 3 rings (SSSR count). The molecule has 8 heteroatoms. The third-order valence-electron chi connectivity index (χ3n) is 4.77. The molecule has 0 saturated carbocycles. The molecule has 152 valence electrons. The molecule has 1 aromatic carbocycles. The van der Waals surface area contributed by atoms with Gasteiger partial charge in [0.05, 0.1) is 23.0 Å². The molecule has 0 radical (unpaired) electrons. The van der Waals surface area contributed by atoms with Crippen molar-refractivity contribution >= 4 is 27.5 Å². The number of unbranched alkanes of at least 4 members (excludes halogenated alkanes) is 1. The first kappa shape index (κ1) is 20.9. The van der Waals surface area contributed by atoms with Gasteiger partial charge in [-0.15, -0.1) is 11.8 Å². The van der Waals surface area contributed by atoms with E-state index in [0.717, 1.165) is 24.1 Å². The first-order valence-electron chi connectivity index (χ1n) is 9.56. The highest BCUT2D eigenvalue weighted by Crippen LogP contribution is 2.22. The summed E-state index contributed by atoms with van der Waals surface area (Å²) in [5, 5.41) is 0. The van der Waals surface area contributed by atoms with E-state index in [0.29, 0.717) is 30.4 Å². The van der Waals surface area contributed by atoms with Crippen LogP contribution >= 0.6 is 11.8 Å². The van der Waals surface area contributed by atoms with Crippen molar-refractivity contribution < 1.29 is 17.6 Å². The average Bonchev–Trinajstić information content (AvgIpc) is 3.29. The second-order valence-corrected chi connectivity index (χ2v) is 10.2. The number of oxazole rings is 1. The third kappa shape index (κ3) is 5.61. The Balaban J connectivity index is 1.54. The molecule has 0 bridgehead atoms. The predicted octanol–water partition coefficient (Wildman–Crippen LogP) is 3.39. The number of sulfone groups is 1. The second kappa shape index (κ2) is 9.60. The van der Waals surface area contributed by atoms with Crippen LogP contribution in [0.5, 0.6) is 0 Å². The lowest BCUT2D eigenvalue weighted by molar-refractivity contribution is -0.130. The van der Waals surface area contributed by atoms with E-state index in [-0.39, 0.29) is 23.5 Å². The van der Waals surface area contributed by atoms with Gasteiger partial charge in [0.2, 0.25) is 11.8 Å². The fraction of sp³-hybridized carbons (Fsp3) is 0.500. The minimum atomic E-state index is -3.01. The molecule has 1 aliphatic heterocycles. The highest BCUT2D eigenvalue weighted by atomic mass is 32.2. The van der Waals surface area contributed by atoms with E-state index >= 15 is 0 Å². The molecule has 1 atom stereocenters. The van der Waals surface area contributed by atoms with E-state index in [1.165, 1.54) is 11.8 Å². The summed E-state index contributed by atoms with van der Waals surface area (Å²) < 4.78 is 29.1. The summed E-state index contributed by atoms with van der Waals surface area (Å²) >= 11 is 1.48. The second-order valence-electron chi connectivity index (χ2n) is 7.00. The normalized spacial score (nSPS) is 18.2. The standard InChI is InChI=1S/C20H26N2O4S2/c1-2-3-10-22(18-9-11-28(24,25)15-18)19(23)14-27-13-17-12-26-20(21-17)16-7-5-4-6-8-16/h4-8,12,18H,2-3,9-11,13-15H2,1H3. The molecular weight excluding hydrogens is 396 g/mol. The van der Waals surface area contributed by atoms with Crippen LogP contribution in [-0.4, -0.2) is 54.1 Å². The fourth-order valence-electron chi connectivity index (χ4n) is 3.27. The van der Waals surface area contributed by atoms with Crippen LogP contribution in [0.2, 0.25) is 0 Å². The van der Waals surface area contributed by atoms with Crippen LogP contribution in [0.15, 0.2) is 41.0 Å². The highest BCUT2D eigenvalue weighted by molar-refractivity contribution is 7.99. The van der Waals surface area contributed by atoms with Crippen LogP contribution < -0.4 is 0 Å². The molecule has 28 heavy (non-hydrogen) atoms. The van der Waals surface area contributed by atoms with Crippen LogP contribution in [-0.2, 0) is 20.4 Å². The summed E-state index contributed by atoms with van der Waals surface area (Å²) in [5.74, 6) is 1.75. The molecule has 1 unspecified atom stereocenters. The van der Waals surface area contributed by atoms with Crippen LogP contribution in [0.25, 0.3) is 11.5 Å². The maximum Gasteiger partial charge on any atom is 0.232 e. The summed E-state index contributed by atoms with van der Waals surface area (Å²) in [6.45, 7) is 2.69. The van der Waals surface area contributed by atoms with Crippen LogP contribution in [0.3, 0.4) is 0 Å². The van der Waals surface area contributed by atoms with Gasteiger partial charge in [0, 0.05) is 23.9 Å². The van der Waals surface area contributed by atoms with E-state index in [1.807, 2.05) is 30.3 Å². The lowest BCUT2D eigenvalue weighted by Crippen LogP contribution is -2.42. The van der Waals surface area contributed by atoms with Gasteiger partial charge in [-0.05, 0) is 25.0 Å². The van der Waals surface area contributed by atoms with Crippen molar-refractivity contribution in [2.45, 2.75) is 38.0 Å². The lowest BCUT2D eigenvalue weighted by Gasteiger charge is -2.28. The van der Waals surface area contributed by atoms with Gasteiger partial charge in [0.15, 0.2) is 9.84 Å². The van der Waals surface area contributed by atoms with Crippen LogP contribution in [0.4, 0.5) is 0 Å². The van der Waals surface area contributed by atoms with E-state index in [2.05, 4.69) is 11.9 Å². The van der Waals surface area contributed by atoms with Gasteiger partial charge in [-0.1, -0.05) is 31.5 Å². The number of carbonyl (C=O) groups is 1. The summed E-state index contributed by atoms with van der Waals surface area (Å²) in [7, 11) is -3.01. The minimum Gasteiger partial charge on any atom is -0.444 e. The molecule has 1 aromatic heterocycles. The number of benzene rings is 1. The zero-order valence-corrected chi connectivity index (χ0v) is 17.7. The van der Waals surface area contributed by atoms with Crippen molar-refractivity contribution in [3.05, 3.63) is 42.3 Å². The zero-order chi connectivity index (χ0) is 20.0. The summed E-state index contributed by atoms with van der Waals surface area (Å²) in [5.41, 5.74) is 1.71. The van der Waals surface area contributed by atoms with Crippen molar-refractivity contribution in [1.29, 1.82) is 0 Å². The zero-order valence-electron chi connectivity index (χ0n) is 16.0. The first-order chi connectivity index (χ1) is 13.5. The number of rotatable bonds is 9. The van der Waals surface area contributed by atoms with Crippen molar-refractivity contribution in [2.75, 3.05) is 23.8 Å². The molecule has 0 spiro atoms. The number of hydrogen-bond acceptors (Lipinski definition) is 6. The number of aromatic nitrogens is 1. The van der Waals surface area contributed by atoms with Gasteiger partial charge in [0.25, 0.3) is 0 Å². The van der Waals surface area contributed by atoms with Gasteiger partial charge in [-0.3, -0.25) is 4.79 Å². The van der Waals surface area contributed by atoms with Crippen molar-refractivity contribution in [1.82, 2.24) is 9.88 Å². The number of amides is 1. The Morgan fingerprint density at radius 3 is 2.79 bits per heavy atom. The minimum absolute atomic E-state index is 0.00678. The number of thioether (sulfide) groups is 1. The Labute approximate surface area is 170 Å². The van der Waals surface area contributed by atoms with E-state index < -0.39 is 9.84 Å². The summed E-state index contributed by atoms with van der Waals surface area (Å²) in [6.07, 6.45) is 4.03. The molecule has 1 fully saturated rings. The Morgan fingerprint density at radius 1 is 1.32 bits per heavy atom. The molecule has 1 aliphatic rings. The molecule has 1 amide bonds. The molecule has 1 saturated heterocycles. The topological polar surface area (TPSA) is 80.5 Å².